The minimum Gasteiger partial charge on any atom is -0.368 e. The summed E-state index contributed by atoms with van der Waals surface area (Å²) in [6.45, 7) is 3.18. The van der Waals surface area contributed by atoms with E-state index in [1.807, 2.05) is 24.3 Å². The summed E-state index contributed by atoms with van der Waals surface area (Å²) in [6.07, 6.45) is 1.20. The molecule has 2 amide bonds. The first-order valence-corrected chi connectivity index (χ1v) is 10.9. The van der Waals surface area contributed by atoms with Gasteiger partial charge in [-0.05, 0) is 48.5 Å². The molecule has 3 aromatic rings. The number of aromatic nitrogens is 2. The Balaban J connectivity index is 0.00000289. The van der Waals surface area contributed by atoms with Crippen molar-refractivity contribution in [2.24, 2.45) is 9.98 Å². The summed E-state index contributed by atoms with van der Waals surface area (Å²) in [6, 6.07) is 16.1. The predicted molar refractivity (Wildman–Crippen MR) is 137 cm³/mol. The first-order valence-electron chi connectivity index (χ1n) is 10.9. The molecule has 35 heavy (non-hydrogen) atoms. The van der Waals surface area contributed by atoms with Crippen molar-refractivity contribution in [3.05, 3.63) is 83.4 Å². The van der Waals surface area contributed by atoms with Crippen molar-refractivity contribution in [1.29, 1.82) is 0 Å². The lowest BCUT2D eigenvalue weighted by Crippen LogP contribution is -2.20. The number of benzene rings is 2. The van der Waals surface area contributed by atoms with E-state index in [1.54, 1.807) is 24.3 Å². The van der Waals surface area contributed by atoms with Crippen molar-refractivity contribution in [3.63, 3.8) is 0 Å². The number of hydrogen-bond acceptors (Lipinski definition) is 8. The lowest BCUT2D eigenvalue weighted by molar-refractivity contribution is 0.102. The molecule has 0 saturated heterocycles. The van der Waals surface area contributed by atoms with Gasteiger partial charge in [-0.2, -0.15) is 0 Å². The zero-order chi connectivity index (χ0) is 23.3. The highest BCUT2D eigenvalue weighted by molar-refractivity contribution is 6.07. The van der Waals surface area contributed by atoms with E-state index in [-0.39, 0.29) is 23.8 Å². The van der Waals surface area contributed by atoms with Crippen LogP contribution in [-0.4, -0.2) is 59.6 Å². The van der Waals surface area contributed by atoms with Gasteiger partial charge < -0.3 is 21.3 Å². The molecule has 0 spiro atoms. The standard InChI is InChI=1S/C24H22N8O2.ClH/c33-23(31-17-5-1-15(2-6-17)21-25-9-10-26-21)19-13-20(30-14-29-19)24(34)32-18-7-3-16(4-8-18)22-27-11-12-28-22;/h1-8,13-14H,9-12H2,(H,25,26)(H,27,28)(H,31,33)(H,32,34);1H. The molecule has 2 aliphatic heterocycles. The van der Waals surface area contributed by atoms with Crippen LogP contribution < -0.4 is 21.3 Å². The third kappa shape index (κ3) is 5.61. The van der Waals surface area contributed by atoms with Gasteiger partial charge in [0.25, 0.3) is 11.8 Å². The highest BCUT2D eigenvalue weighted by Crippen LogP contribution is 2.14. The molecule has 2 aliphatic rings. The van der Waals surface area contributed by atoms with Gasteiger partial charge >= 0.3 is 0 Å². The first-order chi connectivity index (χ1) is 16.7. The Labute approximate surface area is 207 Å². The minimum absolute atomic E-state index is 0. The van der Waals surface area contributed by atoms with Crippen LogP contribution in [0.1, 0.15) is 32.1 Å². The summed E-state index contributed by atoms with van der Waals surface area (Å²) < 4.78 is 0. The summed E-state index contributed by atoms with van der Waals surface area (Å²) in [5.74, 6) is 0.829. The fraction of sp³-hybridized carbons (Fsp3) is 0.167. The van der Waals surface area contributed by atoms with Crippen molar-refractivity contribution < 1.29 is 9.59 Å². The number of nitrogens with one attached hydrogen (secondary N) is 4. The van der Waals surface area contributed by atoms with Gasteiger partial charge in [-0.15, -0.1) is 12.4 Å². The van der Waals surface area contributed by atoms with Gasteiger partial charge in [0, 0.05) is 41.7 Å². The average Bonchev–Trinajstić information content (AvgIpc) is 3.60. The van der Waals surface area contributed by atoms with Crippen molar-refractivity contribution in [3.8, 4) is 0 Å². The highest BCUT2D eigenvalue weighted by atomic mass is 35.5. The van der Waals surface area contributed by atoms with Crippen LogP contribution in [0.3, 0.4) is 0 Å². The molecular formula is C24H23ClN8O2. The van der Waals surface area contributed by atoms with Gasteiger partial charge in [0.05, 0.1) is 13.1 Å². The molecule has 4 N–H and O–H groups in total. The van der Waals surface area contributed by atoms with Crippen LogP contribution in [0.2, 0.25) is 0 Å². The monoisotopic (exact) mass is 490 g/mol. The third-order valence-electron chi connectivity index (χ3n) is 5.31. The molecule has 1 aromatic heterocycles. The van der Waals surface area contributed by atoms with Gasteiger partial charge in [0.1, 0.15) is 29.4 Å². The lowest BCUT2D eigenvalue weighted by Gasteiger charge is -2.08. The Hall–Kier alpha value is -4.31. The zero-order valence-corrected chi connectivity index (χ0v) is 19.4. The second-order valence-corrected chi connectivity index (χ2v) is 7.67. The van der Waals surface area contributed by atoms with Crippen LogP contribution in [0.4, 0.5) is 11.4 Å². The van der Waals surface area contributed by atoms with Crippen molar-refractivity contribution in [2.75, 3.05) is 36.8 Å². The number of aliphatic imine (C=N–C) groups is 2. The van der Waals surface area contributed by atoms with E-state index >= 15 is 0 Å². The second-order valence-electron chi connectivity index (χ2n) is 7.67. The number of halogens is 1. The van der Waals surface area contributed by atoms with E-state index in [0.29, 0.717) is 11.4 Å². The largest absolute Gasteiger partial charge is 0.368 e. The zero-order valence-electron chi connectivity index (χ0n) is 18.6. The molecular weight excluding hydrogens is 468 g/mol. The smallest absolute Gasteiger partial charge is 0.274 e. The molecule has 11 heteroatoms. The van der Waals surface area contributed by atoms with Gasteiger partial charge in [-0.1, -0.05) is 0 Å². The molecule has 5 rings (SSSR count). The molecule has 0 atom stereocenters. The maximum absolute atomic E-state index is 12.7. The Bertz CT molecular complexity index is 1190. The number of amides is 2. The van der Waals surface area contributed by atoms with E-state index in [2.05, 4.69) is 41.2 Å². The van der Waals surface area contributed by atoms with Crippen molar-refractivity contribution in [2.45, 2.75) is 0 Å². The van der Waals surface area contributed by atoms with E-state index < -0.39 is 11.8 Å². The summed E-state index contributed by atoms with van der Waals surface area (Å²) in [5, 5.41) is 12.0. The number of amidine groups is 2. The molecule has 0 radical (unpaired) electrons. The minimum atomic E-state index is -0.435. The van der Waals surface area contributed by atoms with E-state index in [0.717, 1.165) is 49.0 Å². The maximum atomic E-state index is 12.7. The second kappa shape index (κ2) is 10.7. The number of nitrogens with zero attached hydrogens (tertiary/aromatic N) is 4. The molecule has 0 aliphatic carbocycles. The van der Waals surface area contributed by atoms with Crippen LogP contribution in [0.5, 0.6) is 0 Å². The van der Waals surface area contributed by atoms with Crippen LogP contribution in [0, 0.1) is 0 Å². The van der Waals surface area contributed by atoms with Crippen LogP contribution in [-0.2, 0) is 0 Å². The predicted octanol–water partition coefficient (Wildman–Crippen LogP) is 2.10. The molecule has 178 valence electrons. The first kappa shape index (κ1) is 23.8. The summed E-state index contributed by atoms with van der Waals surface area (Å²) in [7, 11) is 0. The SMILES string of the molecule is Cl.O=C(Nc1ccc(C2=NCCN2)cc1)c1cc(C(=O)Nc2ccc(C3=NCCN3)cc2)ncn1. The van der Waals surface area contributed by atoms with Gasteiger partial charge in [0.2, 0.25) is 0 Å². The molecule has 10 nitrogen and oxygen atoms in total. The number of carbonyl (C=O) groups excluding carboxylic acids is 2. The molecule has 3 heterocycles. The van der Waals surface area contributed by atoms with Crippen molar-refractivity contribution in [1.82, 2.24) is 20.6 Å². The highest BCUT2D eigenvalue weighted by Gasteiger charge is 2.15. The molecule has 0 fully saturated rings. The fourth-order valence-electron chi connectivity index (χ4n) is 3.60. The molecule has 0 unspecified atom stereocenters. The summed E-state index contributed by atoms with van der Waals surface area (Å²) in [5.41, 5.74) is 3.31. The molecule has 0 saturated carbocycles. The van der Waals surface area contributed by atoms with Crippen molar-refractivity contribution >= 4 is 47.3 Å². The Morgan fingerprint density at radius 3 is 1.49 bits per heavy atom. The van der Waals surface area contributed by atoms with Crippen LogP contribution >= 0.6 is 12.4 Å². The number of carbonyl (C=O) groups is 2. The van der Waals surface area contributed by atoms with E-state index in [9.17, 15) is 9.59 Å². The number of hydrogen-bond donors (Lipinski definition) is 4. The average molecular weight is 491 g/mol. The Kier molecular flexibility index (Phi) is 7.32. The quantitative estimate of drug-likeness (QED) is 0.418. The van der Waals surface area contributed by atoms with E-state index in [1.165, 1.54) is 12.4 Å². The van der Waals surface area contributed by atoms with Crippen LogP contribution in [0.25, 0.3) is 0 Å². The lowest BCUT2D eigenvalue weighted by atomic mass is 10.2. The van der Waals surface area contributed by atoms with Gasteiger partial charge in [-0.3, -0.25) is 19.6 Å². The Morgan fingerprint density at radius 2 is 1.11 bits per heavy atom. The van der Waals surface area contributed by atoms with E-state index in [4.69, 9.17) is 0 Å². The maximum Gasteiger partial charge on any atom is 0.274 e. The van der Waals surface area contributed by atoms with Crippen LogP contribution in [0.15, 0.2) is 70.9 Å². The normalized spacial score (nSPS) is 14.1. The summed E-state index contributed by atoms with van der Waals surface area (Å²) >= 11 is 0. The molecule has 0 bridgehead atoms. The fourth-order valence-corrected chi connectivity index (χ4v) is 3.60. The van der Waals surface area contributed by atoms with Gasteiger partial charge in [-0.25, -0.2) is 9.97 Å². The number of anilines is 2. The number of rotatable bonds is 6. The molecule has 2 aromatic carbocycles. The summed E-state index contributed by atoms with van der Waals surface area (Å²) in [4.78, 5) is 42.1. The third-order valence-corrected chi connectivity index (χ3v) is 5.31. The topological polar surface area (TPSA) is 133 Å². The van der Waals surface area contributed by atoms with Gasteiger partial charge in [0.15, 0.2) is 0 Å². The Morgan fingerprint density at radius 1 is 0.686 bits per heavy atom.